The van der Waals surface area contributed by atoms with Crippen LogP contribution in [-0.2, 0) is 6.54 Å². The van der Waals surface area contributed by atoms with E-state index in [0.29, 0.717) is 64.2 Å². The number of fused-ring (bicyclic) bond motifs is 2. The lowest BCUT2D eigenvalue weighted by Gasteiger charge is -2.35. The number of nitrogens with zero attached hydrogens (tertiary/aromatic N) is 7. The molecule has 0 radical (unpaired) electrons. The zero-order valence-electron chi connectivity index (χ0n) is 24.3. The van der Waals surface area contributed by atoms with Crippen LogP contribution < -0.4 is 10.5 Å². The predicted molar refractivity (Wildman–Crippen MR) is 172 cm³/mol. The third-order valence-corrected chi connectivity index (χ3v) is 9.00. The van der Waals surface area contributed by atoms with Gasteiger partial charge in [0.2, 0.25) is 0 Å². The zero-order valence-corrected chi connectivity index (χ0v) is 25.9. The molecule has 5 heterocycles. The number of benzene rings is 1. The molecule has 1 N–H and O–H groups in total. The number of piperazine rings is 1. The van der Waals surface area contributed by atoms with E-state index in [1.165, 1.54) is 28.3 Å². The monoisotopic (exact) mass is 659 g/mol. The maximum Gasteiger partial charge on any atom is 0.338 e. The SMILES string of the molecule is Cc1nc2cnc(N3CCN(CC(F)F)CC3)c(C#N)c2c(=O)n1CC#Cc1ccc(Cl)cc1-c1ccnc2c(C(=O)O)csc12. The first-order valence-electron chi connectivity index (χ1n) is 14.1. The summed E-state index contributed by atoms with van der Waals surface area (Å²) < 4.78 is 27.7. The van der Waals surface area contributed by atoms with Crippen LogP contribution in [0.1, 0.15) is 27.3 Å². The van der Waals surface area contributed by atoms with E-state index in [0.717, 1.165) is 5.56 Å². The molecule has 10 nitrogen and oxygen atoms in total. The van der Waals surface area contributed by atoms with Gasteiger partial charge in [0, 0.05) is 59.5 Å². The maximum atomic E-state index is 13.8. The second-order valence-electron chi connectivity index (χ2n) is 10.5. The molecule has 5 aromatic rings. The molecule has 46 heavy (non-hydrogen) atoms. The number of carboxylic acids is 1. The zero-order chi connectivity index (χ0) is 32.5. The first-order chi connectivity index (χ1) is 22.2. The van der Waals surface area contributed by atoms with E-state index < -0.39 is 18.0 Å². The molecule has 0 aliphatic carbocycles. The maximum absolute atomic E-state index is 13.8. The number of hydrogen-bond donors (Lipinski definition) is 1. The third kappa shape index (κ3) is 5.88. The summed E-state index contributed by atoms with van der Waals surface area (Å²) in [5.74, 6) is 5.81. The summed E-state index contributed by atoms with van der Waals surface area (Å²) in [5.41, 5.74) is 2.41. The van der Waals surface area contributed by atoms with E-state index in [9.17, 15) is 28.7 Å². The van der Waals surface area contributed by atoms with Gasteiger partial charge in [-0.3, -0.25) is 19.2 Å². The minimum atomic E-state index is -2.43. The number of halogens is 3. The van der Waals surface area contributed by atoms with Gasteiger partial charge in [0.15, 0.2) is 0 Å². The number of carboxylic acid groups (broad SMARTS) is 1. The lowest BCUT2D eigenvalue weighted by atomic mass is 10.00. The molecule has 6 rings (SSSR count). The Balaban J connectivity index is 1.35. The lowest BCUT2D eigenvalue weighted by Crippen LogP contribution is -2.48. The Labute approximate surface area is 270 Å². The van der Waals surface area contributed by atoms with Crippen molar-refractivity contribution < 1.29 is 18.7 Å². The molecule has 14 heteroatoms. The minimum absolute atomic E-state index is 0.0293. The average molecular weight is 660 g/mol. The van der Waals surface area contributed by atoms with Crippen molar-refractivity contribution in [1.29, 1.82) is 5.26 Å². The molecular formula is C32H24ClF2N7O3S. The van der Waals surface area contributed by atoms with E-state index in [2.05, 4.69) is 32.9 Å². The number of anilines is 1. The number of thiophene rings is 1. The van der Waals surface area contributed by atoms with Crippen LogP contribution in [0.15, 0.2) is 46.8 Å². The number of aryl methyl sites for hydroxylation is 1. The largest absolute Gasteiger partial charge is 0.478 e. The molecule has 1 aliphatic rings. The van der Waals surface area contributed by atoms with E-state index >= 15 is 0 Å². The van der Waals surface area contributed by atoms with Gasteiger partial charge in [0.1, 0.15) is 23.3 Å². The molecule has 0 saturated carbocycles. The Morgan fingerprint density at radius 1 is 1.17 bits per heavy atom. The fraction of sp³-hybridized carbons (Fsp3) is 0.250. The van der Waals surface area contributed by atoms with E-state index in [-0.39, 0.29) is 35.1 Å². The molecule has 232 valence electrons. The highest BCUT2D eigenvalue weighted by Crippen LogP contribution is 2.36. The van der Waals surface area contributed by atoms with E-state index in [4.69, 9.17) is 11.6 Å². The normalized spacial score (nSPS) is 13.6. The summed E-state index contributed by atoms with van der Waals surface area (Å²) in [5, 5.41) is 21.8. The summed E-state index contributed by atoms with van der Waals surface area (Å²) in [7, 11) is 0. The van der Waals surface area contributed by atoms with Gasteiger partial charge in [-0.25, -0.2) is 23.5 Å². The van der Waals surface area contributed by atoms with Crippen LogP contribution in [0.5, 0.6) is 0 Å². The molecule has 0 bridgehead atoms. The molecule has 0 atom stereocenters. The van der Waals surface area contributed by atoms with Crippen LogP contribution in [0.3, 0.4) is 0 Å². The Hall–Kier alpha value is -4.95. The molecule has 0 spiro atoms. The first-order valence-corrected chi connectivity index (χ1v) is 15.4. The third-order valence-electron chi connectivity index (χ3n) is 7.77. The first kappa shape index (κ1) is 31.0. The fourth-order valence-corrected chi connectivity index (χ4v) is 6.74. The van der Waals surface area contributed by atoms with Crippen molar-refractivity contribution in [1.82, 2.24) is 24.4 Å². The molecule has 0 unspecified atom stereocenters. The highest BCUT2D eigenvalue weighted by Gasteiger charge is 2.25. The van der Waals surface area contributed by atoms with Crippen LogP contribution in [0, 0.1) is 30.1 Å². The van der Waals surface area contributed by atoms with Gasteiger partial charge >= 0.3 is 5.97 Å². The van der Waals surface area contributed by atoms with Gasteiger partial charge in [0.25, 0.3) is 12.0 Å². The quantitative estimate of drug-likeness (QED) is 0.249. The standard InChI is InChI=1S/C32H24ClF2N7O3S/c1-18-39-25-15-38-30(41-11-9-40(10-12-41)16-26(34)35)23(14-36)27(25)31(43)42(18)8-2-3-19-4-5-20(33)13-22(19)21-6-7-37-28-24(32(44)45)17-46-29(21)28/h4-7,13,15,17,26H,8-12,16H2,1H3,(H,44,45). The van der Waals surface area contributed by atoms with Gasteiger partial charge < -0.3 is 10.0 Å². The summed E-state index contributed by atoms with van der Waals surface area (Å²) in [6, 6.07) is 9.09. The number of pyridine rings is 2. The van der Waals surface area contributed by atoms with Crippen molar-refractivity contribution in [2.45, 2.75) is 19.9 Å². The second kappa shape index (κ2) is 12.8. The fourth-order valence-electron chi connectivity index (χ4n) is 5.54. The number of rotatable bonds is 6. The molecular weight excluding hydrogens is 636 g/mol. The van der Waals surface area contributed by atoms with Crippen LogP contribution >= 0.6 is 22.9 Å². The summed E-state index contributed by atoms with van der Waals surface area (Å²) in [6.45, 7) is 2.85. The Morgan fingerprint density at radius 3 is 2.67 bits per heavy atom. The van der Waals surface area contributed by atoms with Gasteiger partial charge in [-0.2, -0.15) is 5.26 Å². The molecule has 1 aromatic carbocycles. The minimum Gasteiger partial charge on any atom is -0.478 e. The van der Waals surface area contributed by atoms with Crippen LogP contribution in [0.4, 0.5) is 14.6 Å². The Bertz CT molecular complexity index is 2180. The van der Waals surface area contributed by atoms with Crippen molar-refractivity contribution in [2.24, 2.45) is 0 Å². The number of hydrogen-bond acceptors (Lipinski definition) is 9. The highest BCUT2D eigenvalue weighted by molar-refractivity contribution is 7.18. The summed E-state index contributed by atoms with van der Waals surface area (Å²) in [6.07, 6.45) is 0.566. The number of nitriles is 1. The molecule has 4 aromatic heterocycles. The number of alkyl halides is 2. The van der Waals surface area contributed by atoms with Crippen LogP contribution in [0.25, 0.3) is 32.2 Å². The molecule has 0 amide bonds. The van der Waals surface area contributed by atoms with Crippen LogP contribution in [-0.4, -0.2) is 74.6 Å². The topological polar surface area (TPSA) is 128 Å². The second-order valence-corrected chi connectivity index (χ2v) is 11.9. The Kier molecular flexibility index (Phi) is 8.65. The van der Waals surface area contributed by atoms with Crippen molar-refractivity contribution >= 4 is 55.8 Å². The number of aromatic nitrogens is 4. The van der Waals surface area contributed by atoms with Crippen molar-refractivity contribution in [3.8, 4) is 29.0 Å². The van der Waals surface area contributed by atoms with Gasteiger partial charge in [-0.15, -0.1) is 11.3 Å². The predicted octanol–water partition coefficient (Wildman–Crippen LogP) is 5.04. The lowest BCUT2D eigenvalue weighted by molar-refractivity contribution is 0.0699. The molecule has 1 aliphatic heterocycles. The van der Waals surface area contributed by atoms with E-state index in [1.807, 2.05) is 4.90 Å². The average Bonchev–Trinajstić information content (AvgIpc) is 3.48. The Morgan fingerprint density at radius 2 is 1.96 bits per heavy atom. The summed E-state index contributed by atoms with van der Waals surface area (Å²) >= 11 is 7.61. The van der Waals surface area contributed by atoms with Gasteiger partial charge in [-0.1, -0.05) is 23.4 Å². The summed E-state index contributed by atoms with van der Waals surface area (Å²) in [4.78, 5) is 42.2. The van der Waals surface area contributed by atoms with Crippen molar-refractivity contribution in [2.75, 3.05) is 37.6 Å². The van der Waals surface area contributed by atoms with Crippen LogP contribution in [0.2, 0.25) is 5.02 Å². The van der Waals surface area contributed by atoms with Gasteiger partial charge in [0.05, 0.1) is 46.0 Å². The van der Waals surface area contributed by atoms with Crippen molar-refractivity contribution in [3.05, 3.63) is 79.9 Å². The molecule has 1 fully saturated rings. The number of aromatic carboxylic acids is 1. The number of carbonyl (C=O) groups is 1. The highest BCUT2D eigenvalue weighted by atomic mass is 35.5. The van der Waals surface area contributed by atoms with Crippen molar-refractivity contribution in [3.63, 3.8) is 0 Å². The van der Waals surface area contributed by atoms with Gasteiger partial charge in [-0.05, 0) is 31.2 Å². The van der Waals surface area contributed by atoms with E-state index in [1.54, 1.807) is 41.5 Å². The smallest absolute Gasteiger partial charge is 0.338 e. The molecule has 1 saturated heterocycles.